The van der Waals surface area contributed by atoms with E-state index in [2.05, 4.69) is 10.1 Å². The lowest BCUT2D eigenvalue weighted by Crippen LogP contribution is -2.35. The van der Waals surface area contributed by atoms with E-state index in [4.69, 9.17) is 4.74 Å². The molecule has 162 valence electrons. The second-order valence-corrected chi connectivity index (χ2v) is 8.96. The minimum absolute atomic E-state index is 0.00827. The number of hydrogen-bond donors (Lipinski definition) is 1. The lowest BCUT2D eigenvalue weighted by molar-refractivity contribution is -0.116. The molecule has 0 aromatic heterocycles. The second kappa shape index (κ2) is 9.73. The van der Waals surface area contributed by atoms with Gasteiger partial charge < -0.3 is 14.8 Å². The Kier molecular flexibility index (Phi) is 7.58. The van der Waals surface area contributed by atoms with Crippen molar-refractivity contribution in [2.45, 2.75) is 24.7 Å². The normalized spacial score (nSPS) is 11.4. The van der Waals surface area contributed by atoms with Gasteiger partial charge in [0.2, 0.25) is 15.9 Å². The quantitative estimate of drug-likeness (QED) is 0.641. The Balaban J connectivity index is 2.16. The fraction of sp³-hybridized carbons (Fsp3) is 0.333. The van der Waals surface area contributed by atoms with Crippen molar-refractivity contribution < 1.29 is 27.5 Å². The van der Waals surface area contributed by atoms with Gasteiger partial charge >= 0.3 is 5.97 Å². The van der Waals surface area contributed by atoms with Gasteiger partial charge in [-0.3, -0.25) is 4.79 Å². The number of benzene rings is 2. The highest BCUT2D eigenvalue weighted by atomic mass is 32.2. The van der Waals surface area contributed by atoms with Crippen LogP contribution in [-0.4, -0.2) is 52.4 Å². The number of methoxy groups -OCH3 is 2. The predicted octanol–water partition coefficient (Wildman–Crippen LogP) is 2.86. The molecule has 1 N–H and O–H groups in total. The standard InChI is InChI=1S/C21H26N2O6S/c1-14(2)16-8-11-18(28-4)19(12-16)30(26,27)23(3)13-20(24)22-17-9-6-15(7-10-17)21(25)29-5/h6-12,14H,13H2,1-5H3,(H,22,24). The van der Waals surface area contributed by atoms with Gasteiger partial charge in [-0.25, -0.2) is 13.2 Å². The molecule has 0 fully saturated rings. The number of carbonyl (C=O) groups is 2. The molecule has 0 bridgehead atoms. The molecule has 2 rings (SSSR count). The third-order valence-electron chi connectivity index (χ3n) is 4.50. The molecule has 0 unspecified atom stereocenters. The highest BCUT2D eigenvalue weighted by Crippen LogP contribution is 2.29. The Morgan fingerprint density at radius 1 is 1.07 bits per heavy atom. The van der Waals surface area contributed by atoms with Crippen molar-refractivity contribution in [2.24, 2.45) is 0 Å². The van der Waals surface area contributed by atoms with Crippen LogP contribution >= 0.6 is 0 Å². The van der Waals surface area contributed by atoms with Crippen LogP contribution in [0, 0.1) is 0 Å². The number of hydrogen-bond acceptors (Lipinski definition) is 6. The number of likely N-dealkylation sites (N-methyl/N-ethyl adjacent to an activating group) is 1. The summed E-state index contributed by atoms with van der Waals surface area (Å²) in [6.07, 6.45) is 0. The zero-order valence-electron chi connectivity index (χ0n) is 17.6. The number of ether oxygens (including phenoxy) is 2. The van der Waals surface area contributed by atoms with Crippen molar-refractivity contribution in [2.75, 3.05) is 33.1 Å². The van der Waals surface area contributed by atoms with Crippen LogP contribution in [0.5, 0.6) is 5.75 Å². The molecule has 0 heterocycles. The third kappa shape index (κ3) is 5.37. The van der Waals surface area contributed by atoms with Crippen LogP contribution in [0.25, 0.3) is 0 Å². The number of amides is 1. The molecular weight excluding hydrogens is 408 g/mol. The summed E-state index contributed by atoms with van der Waals surface area (Å²) in [6.45, 7) is 3.53. The Labute approximate surface area is 176 Å². The highest BCUT2D eigenvalue weighted by Gasteiger charge is 2.27. The topological polar surface area (TPSA) is 102 Å². The maximum atomic E-state index is 13.0. The van der Waals surface area contributed by atoms with Crippen molar-refractivity contribution in [3.63, 3.8) is 0 Å². The number of carbonyl (C=O) groups excluding carboxylic acids is 2. The van der Waals surface area contributed by atoms with E-state index >= 15 is 0 Å². The van der Waals surface area contributed by atoms with Crippen LogP contribution in [0.4, 0.5) is 5.69 Å². The molecule has 0 aliphatic rings. The van der Waals surface area contributed by atoms with Gasteiger partial charge in [-0.05, 0) is 47.9 Å². The maximum Gasteiger partial charge on any atom is 0.337 e. The van der Waals surface area contributed by atoms with Gasteiger partial charge in [-0.1, -0.05) is 19.9 Å². The first kappa shape index (κ1) is 23.4. The first-order valence-corrected chi connectivity index (χ1v) is 10.7. The largest absolute Gasteiger partial charge is 0.495 e. The summed E-state index contributed by atoms with van der Waals surface area (Å²) in [7, 11) is 0.0448. The lowest BCUT2D eigenvalue weighted by atomic mass is 10.0. The minimum Gasteiger partial charge on any atom is -0.495 e. The predicted molar refractivity (Wildman–Crippen MR) is 113 cm³/mol. The lowest BCUT2D eigenvalue weighted by Gasteiger charge is -2.20. The van der Waals surface area contributed by atoms with Crippen molar-refractivity contribution in [1.82, 2.24) is 4.31 Å². The number of sulfonamides is 1. The highest BCUT2D eigenvalue weighted by molar-refractivity contribution is 7.89. The van der Waals surface area contributed by atoms with Crippen molar-refractivity contribution in [1.29, 1.82) is 0 Å². The summed E-state index contributed by atoms with van der Waals surface area (Å²) < 4.78 is 36.9. The van der Waals surface area contributed by atoms with Crippen molar-refractivity contribution in [3.05, 3.63) is 53.6 Å². The molecule has 30 heavy (non-hydrogen) atoms. The fourth-order valence-corrected chi connectivity index (χ4v) is 4.03. The average Bonchev–Trinajstić information content (AvgIpc) is 2.72. The number of nitrogens with zero attached hydrogens (tertiary/aromatic N) is 1. The molecule has 2 aromatic rings. The van der Waals surface area contributed by atoms with Gasteiger partial charge in [0.15, 0.2) is 0 Å². The van der Waals surface area contributed by atoms with E-state index < -0.39 is 28.4 Å². The average molecular weight is 435 g/mol. The van der Waals surface area contributed by atoms with Crippen LogP contribution in [-0.2, 0) is 19.6 Å². The maximum absolute atomic E-state index is 13.0. The fourth-order valence-electron chi connectivity index (χ4n) is 2.72. The van der Waals surface area contributed by atoms with Gasteiger partial charge in [0, 0.05) is 12.7 Å². The molecular formula is C21H26N2O6S. The van der Waals surface area contributed by atoms with Gasteiger partial charge in [0.1, 0.15) is 10.6 Å². The number of nitrogens with one attached hydrogen (secondary N) is 1. The van der Waals surface area contributed by atoms with Gasteiger partial charge in [-0.2, -0.15) is 4.31 Å². The first-order chi connectivity index (χ1) is 14.1. The molecule has 0 atom stereocenters. The van der Waals surface area contributed by atoms with Crippen LogP contribution in [0.3, 0.4) is 0 Å². The molecule has 0 spiro atoms. The Morgan fingerprint density at radius 3 is 2.23 bits per heavy atom. The zero-order valence-corrected chi connectivity index (χ0v) is 18.4. The number of anilines is 1. The van der Waals surface area contributed by atoms with Crippen molar-refractivity contribution in [3.8, 4) is 5.75 Å². The molecule has 2 aromatic carbocycles. The van der Waals surface area contributed by atoms with E-state index in [0.29, 0.717) is 11.3 Å². The van der Waals surface area contributed by atoms with Gasteiger partial charge in [-0.15, -0.1) is 0 Å². The van der Waals surface area contributed by atoms with Crippen LogP contribution in [0.1, 0.15) is 35.7 Å². The Bertz CT molecular complexity index is 1020. The van der Waals surface area contributed by atoms with E-state index in [0.717, 1.165) is 9.87 Å². The summed E-state index contributed by atoms with van der Waals surface area (Å²) in [5.74, 6) is -0.668. The summed E-state index contributed by atoms with van der Waals surface area (Å²) in [5.41, 5.74) is 1.61. The molecule has 0 aliphatic heterocycles. The minimum atomic E-state index is -3.96. The monoisotopic (exact) mass is 434 g/mol. The third-order valence-corrected chi connectivity index (χ3v) is 6.32. The number of esters is 1. The van der Waals surface area contributed by atoms with Crippen molar-refractivity contribution >= 4 is 27.6 Å². The summed E-state index contributed by atoms with van der Waals surface area (Å²) >= 11 is 0. The molecule has 0 aliphatic carbocycles. The summed E-state index contributed by atoms with van der Waals surface area (Å²) in [5, 5.41) is 2.61. The molecule has 8 nitrogen and oxygen atoms in total. The molecule has 9 heteroatoms. The molecule has 0 saturated heterocycles. The van der Waals surface area contributed by atoms with E-state index in [9.17, 15) is 18.0 Å². The Hall–Kier alpha value is -2.91. The summed E-state index contributed by atoms with van der Waals surface area (Å²) in [4.78, 5) is 23.8. The van der Waals surface area contributed by atoms with E-state index in [-0.39, 0.29) is 16.6 Å². The molecule has 0 radical (unpaired) electrons. The molecule has 1 amide bonds. The van der Waals surface area contributed by atoms with Crippen LogP contribution in [0.15, 0.2) is 47.4 Å². The Morgan fingerprint density at radius 2 is 1.70 bits per heavy atom. The van der Waals surface area contributed by atoms with Gasteiger partial charge in [0.25, 0.3) is 0 Å². The first-order valence-electron chi connectivity index (χ1n) is 9.22. The molecule has 0 saturated carbocycles. The second-order valence-electron chi connectivity index (χ2n) is 6.94. The summed E-state index contributed by atoms with van der Waals surface area (Å²) in [6, 6.07) is 11.1. The smallest absolute Gasteiger partial charge is 0.337 e. The zero-order chi connectivity index (χ0) is 22.5. The van der Waals surface area contributed by atoms with E-state index in [1.165, 1.54) is 45.5 Å². The SMILES string of the molecule is COC(=O)c1ccc(NC(=O)CN(C)S(=O)(=O)c2cc(C(C)C)ccc2OC)cc1. The van der Waals surface area contributed by atoms with Crippen LogP contribution < -0.4 is 10.1 Å². The van der Waals surface area contributed by atoms with Crippen LogP contribution in [0.2, 0.25) is 0 Å². The van der Waals surface area contributed by atoms with E-state index in [1.807, 2.05) is 19.9 Å². The van der Waals surface area contributed by atoms with Gasteiger partial charge in [0.05, 0.1) is 26.3 Å². The van der Waals surface area contributed by atoms with E-state index in [1.54, 1.807) is 12.1 Å². The number of rotatable bonds is 8.